The summed E-state index contributed by atoms with van der Waals surface area (Å²) in [6.07, 6.45) is 3.83. The number of nitrogens with one attached hydrogen (secondary N) is 2. The third-order valence-electron chi connectivity index (χ3n) is 4.01. The summed E-state index contributed by atoms with van der Waals surface area (Å²) in [5.41, 5.74) is 6.16. The third kappa shape index (κ3) is 7.17. The van der Waals surface area contributed by atoms with Crippen LogP contribution in [0, 0.1) is 11.8 Å². The number of nitrogens with two attached hydrogens (primary N) is 1. The SMILES string of the molecule is CC(C)CNC(=O)N1CCCC(CC(=O)Nc2ccc(N)nc2)C1.Cl. The molecule has 4 N–H and O–H groups in total. The Hall–Kier alpha value is -2.02. The van der Waals surface area contributed by atoms with E-state index in [0.29, 0.717) is 36.9 Å². The van der Waals surface area contributed by atoms with Gasteiger partial charge in [-0.15, -0.1) is 12.4 Å². The van der Waals surface area contributed by atoms with E-state index in [0.717, 1.165) is 19.4 Å². The lowest BCUT2D eigenvalue weighted by Crippen LogP contribution is -2.46. The minimum absolute atomic E-state index is 0. The monoisotopic (exact) mass is 369 g/mol. The highest BCUT2D eigenvalue weighted by molar-refractivity contribution is 5.90. The van der Waals surface area contributed by atoms with Crippen LogP contribution in [0.25, 0.3) is 0 Å². The largest absolute Gasteiger partial charge is 0.384 e. The summed E-state index contributed by atoms with van der Waals surface area (Å²) in [5.74, 6) is 0.971. The van der Waals surface area contributed by atoms with Crippen molar-refractivity contribution in [3.63, 3.8) is 0 Å². The van der Waals surface area contributed by atoms with E-state index in [1.165, 1.54) is 0 Å². The molecule has 0 bridgehead atoms. The molecule has 3 amide bonds. The fraction of sp³-hybridized carbons (Fsp3) is 0.588. The molecule has 1 aliphatic heterocycles. The van der Waals surface area contributed by atoms with Gasteiger partial charge in [-0.05, 0) is 36.8 Å². The van der Waals surface area contributed by atoms with Gasteiger partial charge in [0.15, 0.2) is 0 Å². The molecule has 25 heavy (non-hydrogen) atoms. The first-order chi connectivity index (χ1) is 11.4. The van der Waals surface area contributed by atoms with Crippen LogP contribution in [0.2, 0.25) is 0 Å². The summed E-state index contributed by atoms with van der Waals surface area (Å²) in [4.78, 5) is 30.1. The van der Waals surface area contributed by atoms with Crippen LogP contribution in [0.5, 0.6) is 0 Å². The number of amides is 3. The van der Waals surface area contributed by atoms with Crippen molar-refractivity contribution in [1.29, 1.82) is 0 Å². The second kappa shape index (κ2) is 10.1. The average Bonchev–Trinajstić information content (AvgIpc) is 2.55. The van der Waals surface area contributed by atoms with Crippen molar-refractivity contribution in [2.24, 2.45) is 11.8 Å². The Morgan fingerprint density at radius 1 is 1.40 bits per heavy atom. The average molecular weight is 370 g/mol. The molecular formula is C17H28ClN5O2. The summed E-state index contributed by atoms with van der Waals surface area (Å²) < 4.78 is 0. The summed E-state index contributed by atoms with van der Waals surface area (Å²) >= 11 is 0. The van der Waals surface area contributed by atoms with Gasteiger partial charge in [0.25, 0.3) is 0 Å². The van der Waals surface area contributed by atoms with Crippen LogP contribution in [-0.2, 0) is 4.79 Å². The van der Waals surface area contributed by atoms with E-state index in [-0.39, 0.29) is 30.3 Å². The summed E-state index contributed by atoms with van der Waals surface area (Å²) in [7, 11) is 0. The molecule has 0 saturated carbocycles. The third-order valence-corrected chi connectivity index (χ3v) is 4.01. The van der Waals surface area contributed by atoms with Gasteiger partial charge in [-0.2, -0.15) is 0 Å². The maximum atomic E-state index is 12.2. The fourth-order valence-corrected chi connectivity index (χ4v) is 2.77. The number of likely N-dealkylation sites (tertiary alicyclic amines) is 1. The van der Waals surface area contributed by atoms with Crippen molar-refractivity contribution in [2.75, 3.05) is 30.7 Å². The summed E-state index contributed by atoms with van der Waals surface area (Å²) in [6.45, 7) is 6.18. The Kier molecular flexibility index (Phi) is 8.48. The first-order valence-electron chi connectivity index (χ1n) is 8.48. The van der Waals surface area contributed by atoms with Crippen LogP contribution in [0.15, 0.2) is 18.3 Å². The second-order valence-electron chi connectivity index (χ2n) is 6.76. The predicted molar refractivity (Wildman–Crippen MR) is 102 cm³/mol. The minimum Gasteiger partial charge on any atom is -0.384 e. The summed E-state index contributed by atoms with van der Waals surface area (Å²) in [6, 6.07) is 3.35. The first-order valence-corrected chi connectivity index (χ1v) is 8.48. The second-order valence-corrected chi connectivity index (χ2v) is 6.76. The van der Waals surface area contributed by atoms with Gasteiger partial charge in [0.1, 0.15) is 5.82 Å². The first kappa shape index (κ1) is 21.0. The van der Waals surface area contributed by atoms with Gasteiger partial charge in [0.05, 0.1) is 11.9 Å². The molecule has 0 aromatic carbocycles. The Morgan fingerprint density at radius 3 is 2.80 bits per heavy atom. The van der Waals surface area contributed by atoms with E-state index in [1.54, 1.807) is 18.3 Å². The van der Waals surface area contributed by atoms with Crippen LogP contribution >= 0.6 is 12.4 Å². The molecule has 2 heterocycles. The number of anilines is 2. The smallest absolute Gasteiger partial charge is 0.317 e. The number of nitrogen functional groups attached to an aromatic ring is 1. The molecule has 140 valence electrons. The van der Waals surface area contributed by atoms with Crippen molar-refractivity contribution in [2.45, 2.75) is 33.1 Å². The highest BCUT2D eigenvalue weighted by Crippen LogP contribution is 2.20. The molecule has 1 aromatic heterocycles. The number of hydrogen-bond donors (Lipinski definition) is 3. The quantitative estimate of drug-likeness (QED) is 0.742. The van der Waals surface area contributed by atoms with E-state index in [2.05, 4.69) is 29.5 Å². The standard InChI is InChI=1S/C17H27N5O2.ClH/c1-12(2)9-20-17(24)22-7-3-4-13(11-22)8-16(23)21-14-5-6-15(18)19-10-14;/h5-6,10,12-13H,3-4,7-9,11H2,1-2H3,(H2,18,19)(H,20,24)(H,21,23);1H. The van der Waals surface area contributed by atoms with Gasteiger partial charge < -0.3 is 21.3 Å². The van der Waals surface area contributed by atoms with Crippen LogP contribution in [-0.4, -0.2) is 41.5 Å². The zero-order chi connectivity index (χ0) is 17.5. The molecule has 1 atom stereocenters. The number of pyridine rings is 1. The number of urea groups is 1. The fourth-order valence-electron chi connectivity index (χ4n) is 2.77. The van der Waals surface area contributed by atoms with Crippen molar-refractivity contribution >= 4 is 35.9 Å². The number of carbonyl (C=O) groups excluding carboxylic acids is 2. The van der Waals surface area contributed by atoms with E-state index in [1.807, 2.05) is 4.90 Å². The normalized spacial score (nSPS) is 16.9. The molecule has 1 aliphatic rings. The van der Waals surface area contributed by atoms with E-state index < -0.39 is 0 Å². The maximum Gasteiger partial charge on any atom is 0.317 e. The summed E-state index contributed by atoms with van der Waals surface area (Å²) in [5, 5.41) is 5.76. The number of nitrogens with zero attached hydrogens (tertiary/aromatic N) is 2. The van der Waals surface area contributed by atoms with Crippen molar-refractivity contribution in [3.05, 3.63) is 18.3 Å². The Morgan fingerprint density at radius 2 is 2.16 bits per heavy atom. The van der Waals surface area contributed by atoms with Crippen LogP contribution < -0.4 is 16.4 Å². The molecule has 0 aliphatic carbocycles. The Balaban J connectivity index is 0.00000312. The lowest BCUT2D eigenvalue weighted by molar-refractivity contribution is -0.117. The molecule has 0 spiro atoms. The predicted octanol–water partition coefficient (Wildman–Crippen LogP) is 2.49. The van der Waals surface area contributed by atoms with Gasteiger partial charge in [0, 0.05) is 26.1 Å². The molecule has 8 heteroatoms. The number of piperidine rings is 1. The number of carbonyl (C=O) groups is 2. The molecule has 1 saturated heterocycles. The van der Waals surface area contributed by atoms with E-state index in [9.17, 15) is 9.59 Å². The maximum absolute atomic E-state index is 12.2. The van der Waals surface area contributed by atoms with Crippen molar-refractivity contribution < 1.29 is 9.59 Å². The number of aromatic nitrogens is 1. The molecule has 1 fully saturated rings. The lowest BCUT2D eigenvalue weighted by atomic mass is 9.94. The highest BCUT2D eigenvalue weighted by Gasteiger charge is 2.25. The minimum atomic E-state index is -0.0592. The highest BCUT2D eigenvalue weighted by atomic mass is 35.5. The zero-order valence-corrected chi connectivity index (χ0v) is 15.6. The van der Waals surface area contributed by atoms with Gasteiger partial charge in [0.2, 0.25) is 5.91 Å². The molecule has 7 nitrogen and oxygen atoms in total. The topological polar surface area (TPSA) is 100 Å². The van der Waals surface area contributed by atoms with Gasteiger partial charge in [-0.3, -0.25) is 4.79 Å². The van der Waals surface area contributed by atoms with Gasteiger partial charge in [-0.1, -0.05) is 13.8 Å². The van der Waals surface area contributed by atoms with E-state index in [4.69, 9.17) is 5.73 Å². The number of halogens is 1. The Bertz CT molecular complexity index is 565. The van der Waals surface area contributed by atoms with Crippen molar-refractivity contribution in [3.8, 4) is 0 Å². The van der Waals surface area contributed by atoms with Crippen LogP contribution in [0.3, 0.4) is 0 Å². The van der Waals surface area contributed by atoms with Gasteiger partial charge >= 0.3 is 6.03 Å². The van der Waals surface area contributed by atoms with Crippen molar-refractivity contribution in [1.82, 2.24) is 15.2 Å². The van der Waals surface area contributed by atoms with Gasteiger partial charge in [-0.25, -0.2) is 9.78 Å². The van der Waals surface area contributed by atoms with Crippen LogP contribution in [0.4, 0.5) is 16.3 Å². The number of rotatable bonds is 5. The van der Waals surface area contributed by atoms with Crippen LogP contribution in [0.1, 0.15) is 33.1 Å². The molecular weight excluding hydrogens is 342 g/mol. The zero-order valence-electron chi connectivity index (χ0n) is 14.8. The Labute approximate surface area is 155 Å². The lowest BCUT2D eigenvalue weighted by Gasteiger charge is -2.32. The molecule has 2 rings (SSSR count). The molecule has 1 aromatic rings. The van der Waals surface area contributed by atoms with E-state index >= 15 is 0 Å². The molecule has 0 radical (unpaired) electrons. The molecule has 1 unspecified atom stereocenters. The number of hydrogen-bond acceptors (Lipinski definition) is 4.